The number of ketones is 2. The van der Waals surface area contributed by atoms with Crippen molar-refractivity contribution >= 4 is 23.5 Å². The Labute approximate surface area is 187 Å². The summed E-state index contributed by atoms with van der Waals surface area (Å²) in [5, 5.41) is 11.7. The normalized spacial score (nSPS) is 44.8. The number of carbonyl (C=O) groups is 4. The van der Waals surface area contributed by atoms with E-state index in [1.54, 1.807) is 20.8 Å². The van der Waals surface area contributed by atoms with Gasteiger partial charge in [0.2, 0.25) is 0 Å². The third kappa shape index (κ3) is 2.56. The smallest absolute Gasteiger partial charge is 0.315 e. The van der Waals surface area contributed by atoms with Crippen LogP contribution >= 0.6 is 0 Å². The first-order valence-corrected chi connectivity index (χ1v) is 10.9. The fourth-order valence-corrected chi connectivity index (χ4v) is 7.27. The lowest BCUT2D eigenvalue weighted by molar-refractivity contribution is -0.215. The fourth-order valence-electron chi connectivity index (χ4n) is 7.27. The van der Waals surface area contributed by atoms with Crippen LogP contribution in [0.25, 0.3) is 0 Å². The predicted molar refractivity (Wildman–Crippen MR) is 111 cm³/mol. The van der Waals surface area contributed by atoms with Crippen LogP contribution in [0.4, 0.5) is 0 Å². The van der Waals surface area contributed by atoms with Gasteiger partial charge in [-0.25, -0.2) is 0 Å². The van der Waals surface area contributed by atoms with Gasteiger partial charge in [-0.2, -0.15) is 0 Å². The molecule has 4 aliphatic rings. The Hall–Kier alpha value is -2.32. The summed E-state index contributed by atoms with van der Waals surface area (Å²) in [5.74, 6) is -3.01. The van der Waals surface area contributed by atoms with Gasteiger partial charge in [0.25, 0.3) is 0 Å². The lowest BCUT2D eigenvalue weighted by Crippen LogP contribution is -2.69. The topological polar surface area (TPSA) is 116 Å². The number of hydrogen-bond donors (Lipinski definition) is 1. The zero-order chi connectivity index (χ0) is 23.8. The van der Waals surface area contributed by atoms with Crippen LogP contribution < -0.4 is 0 Å². The first kappa shape index (κ1) is 22.9. The van der Waals surface area contributed by atoms with Gasteiger partial charge < -0.3 is 19.3 Å². The minimum atomic E-state index is -1.31. The summed E-state index contributed by atoms with van der Waals surface area (Å²) in [4.78, 5) is 51.5. The number of Topliss-reactive ketones (excluding diaryl/α,β-unsaturated/α-hetero) is 1. The van der Waals surface area contributed by atoms with E-state index in [0.29, 0.717) is 5.57 Å². The van der Waals surface area contributed by atoms with Gasteiger partial charge in [-0.3, -0.25) is 19.2 Å². The Morgan fingerprint density at radius 1 is 1.16 bits per heavy atom. The van der Waals surface area contributed by atoms with Crippen LogP contribution in [0.15, 0.2) is 23.3 Å². The van der Waals surface area contributed by atoms with Gasteiger partial charge in [0.1, 0.15) is 0 Å². The van der Waals surface area contributed by atoms with Gasteiger partial charge in [-0.1, -0.05) is 19.9 Å². The quantitative estimate of drug-likeness (QED) is 0.649. The molecule has 2 fully saturated rings. The van der Waals surface area contributed by atoms with E-state index in [9.17, 15) is 24.3 Å². The number of aliphatic hydroxyl groups is 1. The molecule has 0 spiro atoms. The minimum Gasteiger partial charge on any atom is -0.469 e. The molecule has 174 valence electrons. The molecule has 32 heavy (non-hydrogen) atoms. The highest BCUT2D eigenvalue weighted by atomic mass is 16.5. The first-order chi connectivity index (χ1) is 14.9. The molecule has 1 heterocycles. The molecule has 1 aliphatic heterocycles. The number of ether oxygens (including phenoxy) is 3. The van der Waals surface area contributed by atoms with Crippen LogP contribution in [0.3, 0.4) is 0 Å². The number of aliphatic hydroxyl groups excluding tert-OH is 1. The number of carbonyl (C=O) groups excluding carboxylic acids is 4. The molecule has 8 heteroatoms. The Kier molecular flexibility index (Phi) is 5.06. The molecule has 8 atom stereocenters. The van der Waals surface area contributed by atoms with Gasteiger partial charge in [0, 0.05) is 23.2 Å². The van der Waals surface area contributed by atoms with Crippen molar-refractivity contribution in [3.05, 3.63) is 23.3 Å². The van der Waals surface area contributed by atoms with Crippen molar-refractivity contribution in [1.82, 2.24) is 0 Å². The molecular formula is C24H30O8. The number of rotatable bonds is 3. The first-order valence-electron chi connectivity index (χ1n) is 10.9. The molecule has 1 saturated heterocycles. The summed E-state index contributed by atoms with van der Waals surface area (Å²) in [6.45, 7) is 6.92. The molecule has 0 radical (unpaired) electrons. The minimum absolute atomic E-state index is 0.0440. The Balaban J connectivity index is 2.00. The number of allylic oxidation sites excluding steroid dienone is 2. The Morgan fingerprint density at radius 3 is 2.41 bits per heavy atom. The molecule has 1 N–H and O–H groups in total. The van der Waals surface area contributed by atoms with Crippen molar-refractivity contribution in [3.8, 4) is 0 Å². The number of methoxy groups -OCH3 is 2. The summed E-state index contributed by atoms with van der Waals surface area (Å²) < 4.78 is 16.3. The summed E-state index contributed by atoms with van der Waals surface area (Å²) in [6, 6.07) is 0. The van der Waals surface area contributed by atoms with Crippen molar-refractivity contribution in [3.63, 3.8) is 0 Å². The van der Waals surface area contributed by atoms with Gasteiger partial charge in [0.15, 0.2) is 11.6 Å². The third-order valence-corrected chi connectivity index (χ3v) is 8.72. The van der Waals surface area contributed by atoms with Gasteiger partial charge in [0.05, 0.1) is 44.4 Å². The number of fused-ring (bicyclic) bond motifs is 4. The van der Waals surface area contributed by atoms with Crippen molar-refractivity contribution < 1.29 is 38.5 Å². The largest absolute Gasteiger partial charge is 0.469 e. The molecule has 3 aliphatic carbocycles. The van der Waals surface area contributed by atoms with Gasteiger partial charge in [-0.05, 0) is 37.0 Å². The van der Waals surface area contributed by atoms with Crippen molar-refractivity contribution in [1.29, 1.82) is 0 Å². The van der Waals surface area contributed by atoms with Crippen LogP contribution in [0.1, 0.15) is 40.5 Å². The van der Waals surface area contributed by atoms with Gasteiger partial charge >= 0.3 is 11.9 Å². The van der Waals surface area contributed by atoms with Crippen molar-refractivity contribution in [2.24, 2.45) is 28.1 Å². The van der Waals surface area contributed by atoms with Crippen LogP contribution in [0.2, 0.25) is 0 Å². The molecular weight excluding hydrogens is 416 g/mol. The van der Waals surface area contributed by atoms with Gasteiger partial charge in [-0.15, -0.1) is 0 Å². The van der Waals surface area contributed by atoms with E-state index in [-0.39, 0.29) is 24.4 Å². The monoisotopic (exact) mass is 446 g/mol. The maximum Gasteiger partial charge on any atom is 0.315 e. The highest BCUT2D eigenvalue weighted by molar-refractivity contribution is 6.01. The average Bonchev–Trinajstić information content (AvgIpc) is 3.21. The molecule has 0 unspecified atom stereocenters. The predicted octanol–water partition coefficient (Wildman–Crippen LogP) is 1.54. The lowest BCUT2D eigenvalue weighted by Gasteiger charge is -2.61. The van der Waals surface area contributed by atoms with E-state index in [1.165, 1.54) is 26.4 Å². The number of hydrogen-bond acceptors (Lipinski definition) is 8. The number of esters is 2. The van der Waals surface area contributed by atoms with E-state index >= 15 is 0 Å². The van der Waals surface area contributed by atoms with Crippen molar-refractivity contribution in [2.75, 3.05) is 14.2 Å². The zero-order valence-electron chi connectivity index (χ0n) is 19.3. The molecule has 8 nitrogen and oxygen atoms in total. The standard InChI is InChI=1S/C24H30O8/c1-11-12(25)9-13-17(11)24(4)14(10-16(27)30-5)23(3)15(26)7-8-22(2,21(29)31-6)19(23)18(28)20(24)32-13/h7-8,13-14,18-20,28H,9-10H2,1-6H3/t13-,14-,18-,19+,20-,22-,23+,24-/m1/s1. The highest BCUT2D eigenvalue weighted by Gasteiger charge is 2.74. The lowest BCUT2D eigenvalue weighted by atomic mass is 9.41. The summed E-state index contributed by atoms with van der Waals surface area (Å²) in [7, 11) is 2.54. The fraction of sp³-hybridized carbons (Fsp3) is 0.667. The second-order valence-corrected chi connectivity index (χ2v) is 10.0. The van der Waals surface area contributed by atoms with Crippen LogP contribution in [0, 0.1) is 28.1 Å². The van der Waals surface area contributed by atoms with Crippen LogP contribution in [-0.4, -0.2) is 61.1 Å². The molecule has 4 rings (SSSR count). The van der Waals surface area contributed by atoms with E-state index in [1.807, 2.05) is 6.92 Å². The van der Waals surface area contributed by atoms with Crippen molar-refractivity contribution in [2.45, 2.75) is 58.8 Å². The zero-order valence-corrected chi connectivity index (χ0v) is 19.3. The summed E-state index contributed by atoms with van der Waals surface area (Å²) in [5.41, 5.74) is -2.31. The van der Waals surface area contributed by atoms with E-state index in [4.69, 9.17) is 14.2 Å². The third-order valence-electron chi connectivity index (χ3n) is 8.72. The second-order valence-electron chi connectivity index (χ2n) is 10.0. The second kappa shape index (κ2) is 7.09. The Morgan fingerprint density at radius 2 is 1.81 bits per heavy atom. The van der Waals surface area contributed by atoms with Crippen LogP contribution in [0.5, 0.6) is 0 Å². The summed E-state index contributed by atoms with van der Waals surface area (Å²) >= 11 is 0. The molecule has 1 saturated carbocycles. The molecule has 0 amide bonds. The van der Waals surface area contributed by atoms with Crippen LogP contribution in [-0.2, 0) is 33.4 Å². The molecule has 0 aromatic rings. The maximum absolute atomic E-state index is 13.5. The van der Waals surface area contributed by atoms with E-state index < -0.39 is 58.3 Å². The molecule has 0 bridgehead atoms. The molecule has 0 aromatic carbocycles. The average molecular weight is 446 g/mol. The summed E-state index contributed by atoms with van der Waals surface area (Å²) in [6.07, 6.45) is 0.331. The maximum atomic E-state index is 13.5. The molecule has 0 aromatic heterocycles. The Bertz CT molecular complexity index is 978. The SMILES string of the molecule is COC(=O)C[C@H]1[C@]2(C)C3=C(C)C(=O)C[C@H]3O[C@@H]2[C@H](O)[C@@H]2[C@]1(C)C(=O)C=C[C@@]2(C)C(=O)OC. The van der Waals surface area contributed by atoms with E-state index in [2.05, 4.69) is 0 Å². The van der Waals surface area contributed by atoms with E-state index in [0.717, 1.165) is 5.57 Å². The highest BCUT2D eigenvalue weighted by Crippen LogP contribution is 2.68.